The predicted octanol–water partition coefficient (Wildman–Crippen LogP) is 5.97. The minimum absolute atomic E-state index is 0.0885. The number of fused-ring (bicyclic) bond motifs is 3. The summed E-state index contributed by atoms with van der Waals surface area (Å²) in [5.74, 6) is 0. The molecule has 0 amide bonds. The van der Waals surface area contributed by atoms with Crippen LogP contribution in [0.4, 0.5) is 0 Å². The number of benzene rings is 3. The average Bonchev–Trinajstić information content (AvgIpc) is 2.77. The highest BCUT2D eigenvalue weighted by atomic mass is 14.4. The van der Waals surface area contributed by atoms with Crippen LogP contribution >= 0.6 is 0 Å². The van der Waals surface area contributed by atoms with Gasteiger partial charge in [-0.15, -0.1) is 0 Å². The molecule has 0 spiro atoms. The summed E-state index contributed by atoms with van der Waals surface area (Å²) < 4.78 is 0. The molecule has 0 heterocycles. The standard InChI is InChI=1S/C22H20/c1-15-13-17(16-9-5-4-6-10-16)14-19-18-11-7-8-12-20(18)22(2,3)21(15)19/h4-14H,1-3H3. The van der Waals surface area contributed by atoms with Crippen molar-refractivity contribution in [3.8, 4) is 22.3 Å². The largest absolute Gasteiger partial charge is 0.0622 e. The highest BCUT2D eigenvalue weighted by Crippen LogP contribution is 2.50. The number of hydrogen-bond acceptors (Lipinski definition) is 0. The Bertz CT molecular complexity index is 854. The van der Waals surface area contributed by atoms with E-state index in [4.69, 9.17) is 0 Å². The lowest BCUT2D eigenvalue weighted by Crippen LogP contribution is -2.16. The van der Waals surface area contributed by atoms with Crippen LogP contribution in [-0.2, 0) is 5.41 Å². The van der Waals surface area contributed by atoms with Gasteiger partial charge < -0.3 is 0 Å². The molecule has 0 N–H and O–H groups in total. The zero-order valence-corrected chi connectivity index (χ0v) is 13.4. The first-order chi connectivity index (χ1) is 10.6. The Balaban J connectivity index is 2.02. The molecular formula is C22H20. The summed E-state index contributed by atoms with van der Waals surface area (Å²) in [6.07, 6.45) is 0. The van der Waals surface area contributed by atoms with Gasteiger partial charge in [-0.1, -0.05) is 74.5 Å². The molecule has 0 heteroatoms. The van der Waals surface area contributed by atoms with Gasteiger partial charge in [0, 0.05) is 5.41 Å². The molecule has 1 aliphatic rings. The molecule has 0 aromatic heterocycles. The molecule has 0 saturated carbocycles. The van der Waals surface area contributed by atoms with Crippen LogP contribution in [0.2, 0.25) is 0 Å². The number of aryl methyl sites for hydroxylation is 1. The van der Waals surface area contributed by atoms with Crippen LogP contribution in [-0.4, -0.2) is 0 Å². The molecule has 0 aliphatic heterocycles. The minimum atomic E-state index is 0.0885. The van der Waals surface area contributed by atoms with Gasteiger partial charge in [0.2, 0.25) is 0 Å². The van der Waals surface area contributed by atoms with E-state index >= 15 is 0 Å². The van der Waals surface area contributed by atoms with Crippen LogP contribution in [0.3, 0.4) is 0 Å². The van der Waals surface area contributed by atoms with Gasteiger partial charge in [0.05, 0.1) is 0 Å². The van der Waals surface area contributed by atoms with Crippen molar-refractivity contribution < 1.29 is 0 Å². The summed E-state index contributed by atoms with van der Waals surface area (Å²) in [4.78, 5) is 0. The average molecular weight is 284 g/mol. The highest BCUT2D eigenvalue weighted by molar-refractivity contribution is 5.85. The summed E-state index contributed by atoms with van der Waals surface area (Å²) >= 11 is 0. The van der Waals surface area contributed by atoms with Crippen molar-refractivity contribution in [3.05, 3.63) is 83.4 Å². The van der Waals surface area contributed by atoms with Gasteiger partial charge in [-0.25, -0.2) is 0 Å². The molecule has 0 radical (unpaired) electrons. The molecule has 4 rings (SSSR count). The summed E-state index contributed by atoms with van der Waals surface area (Å²) in [6.45, 7) is 6.93. The summed E-state index contributed by atoms with van der Waals surface area (Å²) in [5.41, 5.74) is 9.79. The maximum Gasteiger partial charge on any atom is 0.0161 e. The second kappa shape index (κ2) is 4.58. The number of rotatable bonds is 1. The molecule has 108 valence electrons. The third-order valence-corrected chi connectivity index (χ3v) is 4.96. The SMILES string of the molecule is Cc1cc(-c2ccccc2)cc2c1C(C)(C)c1ccccc1-2. The van der Waals surface area contributed by atoms with E-state index in [9.17, 15) is 0 Å². The fourth-order valence-electron chi connectivity index (χ4n) is 4.02. The van der Waals surface area contributed by atoms with Crippen LogP contribution in [0.5, 0.6) is 0 Å². The van der Waals surface area contributed by atoms with Crippen LogP contribution in [0, 0.1) is 6.92 Å². The molecule has 22 heavy (non-hydrogen) atoms. The van der Waals surface area contributed by atoms with E-state index in [1.54, 1.807) is 0 Å². The Morgan fingerprint density at radius 3 is 2.14 bits per heavy atom. The van der Waals surface area contributed by atoms with E-state index in [0.29, 0.717) is 0 Å². The van der Waals surface area contributed by atoms with Crippen molar-refractivity contribution in [2.24, 2.45) is 0 Å². The fraction of sp³-hybridized carbons (Fsp3) is 0.182. The fourth-order valence-corrected chi connectivity index (χ4v) is 4.02. The molecule has 0 atom stereocenters. The van der Waals surface area contributed by atoms with Gasteiger partial charge >= 0.3 is 0 Å². The van der Waals surface area contributed by atoms with Gasteiger partial charge in [0.25, 0.3) is 0 Å². The van der Waals surface area contributed by atoms with Crippen LogP contribution < -0.4 is 0 Å². The van der Waals surface area contributed by atoms with Crippen molar-refractivity contribution in [2.75, 3.05) is 0 Å². The first kappa shape index (κ1) is 13.3. The second-order valence-electron chi connectivity index (χ2n) is 6.75. The molecule has 0 bridgehead atoms. The lowest BCUT2D eigenvalue weighted by Gasteiger charge is -2.23. The Labute approximate surface area is 132 Å². The highest BCUT2D eigenvalue weighted by Gasteiger charge is 2.36. The van der Waals surface area contributed by atoms with E-state index in [2.05, 4.69) is 87.5 Å². The maximum atomic E-state index is 2.37. The predicted molar refractivity (Wildman–Crippen MR) is 94.2 cm³/mol. The van der Waals surface area contributed by atoms with Crippen molar-refractivity contribution in [1.82, 2.24) is 0 Å². The van der Waals surface area contributed by atoms with Crippen LogP contribution in [0.25, 0.3) is 22.3 Å². The van der Waals surface area contributed by atoms with Crippen molar-refractivity contribution in [3.63, 3.8) is 0 Å². The second-order valence-corrected chi connectivity index (χ2v) is 6.75. The lowest BCUT2D eigenvalue weighted by molar-refractivity contribution is 0.656. The van der Waals surface area contributed by atoms with E-state index in [1.807, 2.05) is 0 Å². The quantitative estimate of drug-likeness (QED) is 0.516. The van der Waals surface area contributed by atoms with Crippen LogP contribution in [0.1, 0.15) is 30.5 Å². The Hall–Kier alpha value is -2.34. The van der Waals surface area contributed by atoms with E-state index in [-0.39, 0.29) is 5.41 Å². The van der Waals surface area contributed by atoms with E-state index in [1.165, 1.54) is 38.9 Å². The normalized spacial score (nSPS) is 14.5. The summed E-state index contributed by atoms with van der Waals surface area (Å²) in [5, 5.41) is 0. The van der Waals surface area contributed by atoms with E-state index in [0.717, 1.165) is 0 Å². The molecule has 0 unspecified atom stereocenters. The third kappa shape index (κ3) is 1.77. The van der Waals surface area contributed by atoms with Crippen LogP contribution in [0.15, 0.2) is 66.7 Å². The minimum Gasteiger partial charge on any atom is -0.0622 e. The zero-order valence-electron chi connectivity index (χ0n) is 13.4. The lowest BCUT2D eigenvalue weighted by atomic mass is 9.80. The smallest absolute Gasteiger partial charge is 0.0161 e. The number of hydrogen-bond donors (Lipinski definition) is 0. The molecule has 0 nitrogen and oxygen atoms in total. The third-order valence-electron chi connectivity index (χ3n) is 4.96. The van der Waals surface area contributed by atoms with E-state index < -0.39 is 0 Å². The molecular weight excluding hydrogens is 264 g/mol. The van der Waals surface area contributed by atoms with Gasteiger partial charge in [-0.2, -0.15) is 0 Å². The molecule has 3 aromatic carbocycles. The molecule has 0 fully saturated rings. The van der Waals surface area contributed by atoms with Gasteiger partial charge in [-0.05, 0) is 51.9 Å². The maximum absolute atomic E-state index is 2.37. The van der Waals surface area contributed by atoms with Crippen molar-refractivity contribution in [1.29, 1.82) is 0 Å². The molecule has 1 aliphatic carbocycles. The Morgan fingerprint density at radius 2 is 1.36 bits per heavy atom. The van der Waals surface area contributed by atoms with Crippen molar-refractivity contribution in [2.45, 2.75) is 26.2 Å². The van der Waals surface area contributed by atoms with Gasteiger partial charge in [0.1, 0.15) is 0 Å². The monoisotopic (exact) mass is 284 g/mol. The summed E-state index contributed by atoms with van der Waals surface area (Å²) in [6, 6.07) is 24.2. The van der Waals surface area contributed by atoms with Crippen molar-refractivity contribution >= 4 is 0 Å². The Kier molecular flexibility index (Phi) is 2.77. The first-order valence-corrected chi connectivity index (χ1v) is 7.89. The zero-order chi connectivity index (χ0) is 15.3. The first-order valence-electron chi connectivity index (χ1n) is 7.89. The van der Waals surface area contributed by atoms with Gasteiger partial charge in [-0.3, -0.25) is 0 Å². The molecule has 0 saturated heterocycles. The Morgan fingerprint density at radius 1 is 0.682 bits per heavy atom. The van der Waals surface area contributed by atoms with Gasteiger partial charge in [0.15, 0.2) is 0 Å². The summed E-state index contributed by atoms with van der Waals surface area (Å²) in [7, 11) is 0. The topological polar surface area (TPSA) is 0 Å². The molecule has 3 aromatic rings.